The van der Waals surface area contributed by atoms with E-state index in [0.717, 1.165) is 5.56 Å². The third kappa shape index (κ3) is 1.53. The van der Waals surface area contributed by atoms with Crippen molar-refractivity contribution in [1.29, 1.82) is 0 Å². The van der Waals surface area contributed by atoms with Gasteiger partial charge in [0.2, 0.25) is 0 Å². The maximum absolute atomic E-state index is 10.1. The Balaban J connectivity index is 2.55. The van der Waals surface area contributed by atoms with E-state index in [4.69, 9.17) is 0 Å². The molecule has 0 heterocycles. The average molecular weight is 218 g/mol. The van der Waals surface area contributed by atoms with Gasteiger partial charge in [0.25, 0.3) is 0 Å². The van der Waals surface area contributed by atoms with E-state index in [2.05, 4.69) is 33.8 Å². The molecule has 0 saturated heterocycles. The van der Waals surface area contributed by atoms with Gasteiger partial charge in [-0.25, -0.2) is 0 Å². The Morgan fingerprint density at radius 1 is 1.12 bits per heavy atom. The number of phenolic OH excluding ortho intramolecular Hbond substituents is 1. The number of aryl methyl sites for hydroxylation is 1. The van der Waals surface area contributed by atoms with Crippen LogP contribution in [0.5, 0.6) is 5.75 Å². The number of aromatic hydroxyl groups is 1. The molecule has 1 nitrogen and oxygen atoms in total. The van der Waals surface area contributed by atoms with E-state index in [1.807, 2.05) is 12.1 Å². The van der Waals surface area contributed by atoms with Crippen LogP contribution in [0.1, 0.15) is 51.2 Å². The summed E-state index contributed by atoms with van der Waals surface area (Å²) in [5, 5.41) is 10.1. The molecule has 0 unspecified atom stereocenters. The standard InChI is InChI=1S/C15H22O/c1-11-6-7-13(16)12(10-11)15(4)9-5-8-14(15,2)3/h6-7,10,16H,5,8-9H2,1-4H3/t15-/m0/s1. The van der Waals surface area contributed by atoms with Gasteiger partial charge in [-0.3, -0.25) is 0 Å². The van der Waals surface area contributed by atoms with Gasteiger partial charge in [-0.05, 0) is 31.2 Å². The molecular weight excluding hydrogens is 196 g/mol. The second-order valence-corrected chi connectivity index (χ2v) is 6.09. The van der Waals surface area contributed by atoms with Crippen molar-refractivity contribution in [2.24, 2.45) is 5.41 Å². The first kappa shape index (κ1) is 11.5. The summed E-state index contributed by atoms with van der Waals surface area (Å²) >= 11 is 0. The summed E-state index contributed by atoms with van der Waals surface area (Å²) in [6, 6.07) is 5.97. The van der Waals surface area contributed by atoms with Crippen LogP contribution in [0.25, 0.3) is 0 Å². The van der Waals surface area contributed by atoms with Crippen LogP contribution in [0.15, 0.2) is 18.2 Å². The lowest BCUT2D eigenvalue weighted by Gasteiger charge is -2.39. The molecule has 0 aliphatic heterocycles. The number of hydrogen-bond acceptors (Lipinski definition) is 1. The Bertz CT molecular complexity index is 406. The fourth-order valence-corrected chi connectivity index (χ4v) is 3.09. The van der Waals surface area contributed by atoms with Crippen molar-refractivity contribution in [3.63, 3.8) is 0 Å². The minimum Gasteiger partial charge on any atom is -0.508 e. The highest BCUT2D eigenvalue weighted by Crippen LogP contribution is 2.55. The topological polar surface area (TPSA) is 20.2 Å². The second-order valence-electron chi connectivity index (χ2n) is 6.09. The molecule has 1 fully saturated rings. The lowest BCUT2D eigenvalue weighted by Crippen LogP contribution is -2.34. The summed E-state index contributed by atoms with van der Waals surface area (Å²) in [5.41, 5.74) is 2.76. The van der Waals surface area contributed by atoms with Gasteiger partial charge < -0.3 is 5.11 Å². The molecule has 1 atom stereocenters. The zero-order valence-electron chi connectivity index (χ0n) is 10.8. The molecular formula is C15H22O. The minimum absolute atomic E-state index is 0.114. The predicted molar refractivity (Wildman–Crippen MR) is 67.8 cm³/mol. The normalized spacial score (nSPS) is 28.2. The molecule has 1 heteroatoms. The molecule has 0 spiro atoms. The van der Waals surface area contributed by atoms with Crippen LogP contribution in [0.4, 0.5) is 0 Å². The fraction of sp³-hybridized carbons (Fsp3) is 0.600. The van der Waals surface area contributed by atoms with E-state index in [1.54, 1.807) is 0 Å². The van der Waals surface area contributed by atoms with Crippen LogP contribution < -0.4 is 0 Å². The van der Waals surface area contributed by atoms with Crippen molar-refractivity contribution < 1.29 is 5.11 Å². The molecule has 16 heavy (non-hydrogen) atoms. The van der Waals surface area contributed by atoms with Crippen LogP contribution in [-0.2, 0) is 5.41 Å². The van der Waals surface area contributed by atoms with Crippen LogP contribution in [0, 0.1) is 12.3 Å². The van der Waals surface area contributed by atoms with Crippen molar-refractivity contribution in [2.45, 2.75) is 52.4 Å². The highest BCUT2D eigenvalue weighted by Gasteiger charge is 2.47. The smallest absolute Gasteiger partial charge is 0.119 e. The van der Waals surface area contributed by atoms with Crippen molar-refractivity contribution >= 4 is 0 Å². The van der Waals surface area contributed by atoms with E-state index in [9.17, 15) is 5.11 Å². The summed E-state index contributed by atoms with van der Waals surface area (Å²) in [7, 11) is 0. The molecule has 0 amide bonds. The first-order valence-corrected chi connectivity index (χ1v) is 6.17. The summed E-state index contributed by atoms with van der Waals surface area (Å²) < 4.78 is 0. The van der Waals surface area contributed by atoms with Gasteiger partial charge in [-0.15, -0.1) is 0 Å². The molecule has 88 valence electrons. The third-order valence-electron chi connectivity index (χ3n) is 4.72. The molecule has 1 aliphatic rings. The van der Waals surface area contributed by atoms with E-state index >= 15 is 0 Å². The summed E-state index contributed by atoms with van der Waals surface area (Å²) in [4.78, 5) is 0. The molecule has 1 aromatic carbocycles. The number of hydrogen-bond donors (Lipinski definition) is 1. The monoisotopic (exact) mass is 218 g/mol. The quantitative estimate of drug-likeness (QED) is 0.750. The molecule has 0 aromatic heterocycles. The Labute approximate surface area is 98.5 Å². The van der Waals surface area contributed by atoms with Gasteiger partial charge in [0.05, 0.1) is 0 Å². The van der Waals surface area contributed by atoms with Crippen LogP contribution in [-0.4, -0.2) is 5.11 Å². The van der Waals surface area contributed by atoms with Crippen LogP contribution in [0.2, 0.25) is 0 Å². The van der Waals surface area contributed by atoms with Gasteiger partial charge in [0.1, 0.15) is 5.75 Å². The van der Waals surface area contributed by atoms with Crippen molar-refractivity contribution in [3.8, 4) is 5.75 Å². The number of benzene rings is 1. The lowest BCUT2D eigenvalue weighted by atomic mass is 9.65. The Hall–Kier alpha value is -0.980. The lowest BCUT2D eigenvalue weighted by molar-refractivity contribution is 0.219. The first-order chi connectivity index (χ1) is 7.37. The first-order valence-electron chi connectivity index (χ1n) is 6.17. The number of phenols is 1. The SMILES string of the molecule is Cc1ccc(O)c([C@]2(C)CCCC2(C)C)c1. The van der Waals surface area contributed by atoms with Gasteiger partial charge in [0, 0.05) is 11.0 Å². The third-order valence-corrected chi connectivity index (χ3v) is 4.72. The van der Waals surface area contributed by atoms with Gasteiger partial charge in [-0.2, -0.15) is 0 Å². The molecule has 0 bridgehead atoms. The summed E-state index contributed by atoms with van der Waals surface area (Å²) in [6.45, 7) is 9.03. The molecule has 1 saturated carbocycles. The Morgan fingerprint density at radius 2 is 1.81 bits per heavy atom. The van der Waals surface area contributed by atoms with Gasteiger partial charge in [0.15, 0.2) is 0 Å². The predicted octanol–water partition coefficient (Wildman–Crippen LogP) is 4.17. The highest BCUT2D eigenvalue weighted by atomic mass is 16.3. The molecule has 1 aliphatic carbocycles. The second kappa shape index (κ2) is 3.51. The van der Waals surface area contributed by atoms with Crippen molar-refractivity contribution in [2.75, 3.05) is 0 Å². The Kier molecular flexibility index (Phi) is 2.52. The molecule has 1 aromatic rings. The average Bonchev–Trinajstić information content (AvgIpc) is 2.46. The van der Waals surface area contributed by atoms with E-state index in [1.165, 1.54) is 24.8 Å². The van der Waals surface area contributed by atoms with Crippen LogP contribution >= 0.6 is 0 Å². The van der Waals surface area contributed by atoms with Crippen molar-refractivity contribution in [3.05, 3.63) is 29.3 Å². The zero-order chi connectivity index (χ0) is 12.0. The molecule has 0 radical (unpaired) electrons. The summed E-state index contributed by atoms with van der Waals surface area (Å²) in [6.07, 6.45) is 3.69. The maximum atomic E-state index is 10.1. The molecule has 1 N–H and O–H groups in total. The Morgan fingerprint density at radius 3 is 2.38 bits per heavy atom. The number of rotatable bonds is 1. The van der Waals surface area contributed by atoms with Gasteiger partial charge in [-0.1, -0.05) is 44.9 Å². The highest BCUT2D eigenvalue weighted by molar-refractivity contribution is 5.43. The van der Waals surface area contributed by atoms with Crippen LogP contribution in [0.3, 0.4) is 0 Å². The van der Waals surface area contributed by atoms with Crippen molar-refractivity contribution in [1.82, 2.24) is 0 Å². The minimum atomic E-state index is 0.114. The van der Waals surface area contributed by atoms with E-state index in [0.29, 0.717) is 5.75 Å². The summed E-state index contributed by atoms with van der Waals surface area (Å²) in [5.74, 6) is 0.461. The fourth-order valence-electron chi connectivity index (χ4n) is 3.09. The van der Waals surface area contributed by atoms with E-state index < -0.39 is 0 Å². The van der Waals surface area contributed by atoms with E-state index in [-0.39, 0.29) is 10.8 Å². The largest absolute Gasteiger partial charge is 0.508 e. The maximum Gasteiger partial charge on any atom is 0.119 e. The van der Waals surface area contributed by atoms with Gasteiger partial charge >= 0.3 is 0 Å². The molecule has 2 rings (SSSR count). The zero-order valence-corrected chi connectivity index (χ0v) is 10.8.